The van der Waals surface area contributed by atoms with Crippen LogP contribution in [0, 0.1) is 5.92 Å². The lowest BCUT2D eigenvalue weighted by atomic mass is 10.1. The number of nitrogens with one attached hydrogen (secondary N) is 2. The molecule has 2 aliphatic rings. The summed E-state index contributed by atoms with van der Waals surface area (Å²) in [4.78, 5) is 3.18. The molecule has 1 saturated heterocycles. The molecule has 2 fully saturated rings. The van der Waals surface area contributed by atoms with Gasteiger partial charge >= 0.3 is 0 Å². The zero-order valence-corrected chi connectivity index (χ0v) is 11.8. The third-order valence-electron chi connectivity index (χ3n) is 4.05. The van der Waals surface area contributed by atoms with E-state index in [1.165, 1.54) is 12.8 Å². The van der Waals surface area contributed by atoms with Gasteiger partial charge in [-0.2, -0.15) is 4.31 Å². The Morgan fingerprint density at radius 1 is 1.26 bits per heavy atom. The molecule has 0 spiro atoms. The first kappa shape index (κ1) is 13.1. The SMILES string of the molecule is O=S(=O)(c1cc[nH]c1)N1CCC(NCC2CC2)CC1. The predicted octanol–water partition coefficient (Wildman–Crippen LogP) is 1.17. The van der Waals surface area contributed by atoms with Crippen molar-refractivity contribution in [1.29, 1.82) is 0 Å². The molecule has 1 aromatic rings. The van der Waals surface area contributed by atoms with Crippen LogP contribution in [0.2, 0.25) is 0 Å². The Morgan fingerprint density at radius 2 is 2.00 bits per heavy atom. The number of piperidine rings is 1. The smallest absolute Gasteiger partial charge is 0.244 e. The monoisotopic (exact) mass is 283 g/mol. The summed E-state index contributed by atoms with van der Waals surface area (Å²) in [5.41, 5.74) is 0. The molecule has 0 amide bonds. The Hall–Kier alpha value is -0.850. The van der Waals surface area contributed by atoms with Crippen molar-refractivity contribution in [2.45, 2.75) is 36.6 Å². The molecule has 0 bridgehead atoms. The van der Waals surface area contributed by atoms with Gasteiger partial charge in [0, 0.05) is 31.5 Å². The summed E-state index contributed by atoms with van der Waals surface area (Å²) in [6, 6.07) is 2.10. The van der Waals surface area contributed by atoms with Gasteiger partial charge in [0.25, 0.3) is 0 Å². The fraction of sp³-hybridized carbons (Fsp3) is 0.692. The van der Waals surface area contributed by atoms with Gasteiger partial charge in [-0.25, -0.2) is 8.42 Å². The summed E-state index contributed by atoms with van der Waals surface area (Å²) in [7, 11) is -3.29. The van der Waals surface area contributed by atoms with E-state index in [2.05, 4.69) is 10.3 Å². The minimum Gasteiger partial charge on any atom is -0.366 e. The lowest BCUT2D eigenvalue weighted by Gasteiger charge is -2.31. The molecule has 0 radical (unpaired) electrons. The van der Waals surface area contributed by atoms with Crippen molar-refractivity contribution < 1.29 is 8.42 Å². The Morgan fingerprint density at radius 3 is 2.58 bits per heavy atom. The van der Waals surface area contributed by atoms with Gasteiger partial charge in [-0.05, 0) is 44.2 Å². The summed E-state index contributed by atoms with van der Waals surface area (Å²) < 4.78 is 26.2. The number of H-pyrrole nitrogens is 1. The molecule has 19 heavy (non-hydrogen) atoms. The van der Waals surface area contributed by atoms with Crippen LogP contribution in [-0.2, 0) is 10.0 Å². The molecule has 1 aromatic heterocycles. The van der Waals surface area contributed by atoms with Crippen molar-refractivity contribution in [3.05, 3.63) is 18.5 Å². The summed E-state index contributed by atoms with van der Waals surface area (Å²) >= 11 is 0. The second-order valence-electron chi connectivity index (χ2n) is 5.58. The van der Waals surface area contributed by atoms with E-state index in [1.54, 1.807) is 22.8 Å². The number of rotatable bonds is 5. The largest absolute Gasteiger partial charge is 0.366 e. The highest BCUT2D eigenvalue weighted by Gasteiger charge is 2.30. The molecule has 1 aliphatic carbocycles. The van der Waals surface area contributed by atoms with E-state index in [9.17, 15) is 8.42 Å². The van der Waals surface area contributed by atoms with Crippen LogP contribution in [0.5, 0.6) is 0 Å². The molecule has 3 rings (SSSR count). The first-order chi connectivity index (χ1) is 9.16. The topological polar surface area (TPSA) is 65.2 Å². The van der Waals surface area contributed by atoms with Crippen LogP contribution in [0.1, 0.15) is 25.7 Å². The van der Waals surface area contributed by atoms with Crippen molar-refractivity contribution in [3.8, 4) is 0 Å². The van der Waals surface area contributed by atoms with E-state index in [0.29, 0.717) is 24.0 Å². The Labute approximate surface area is 114 Å². The van der Waals surface area contributed by atoms with E-state index in [1.807, 2.05) is 0 Å². The highest BCUT2D eigenvalue weighted by atomic mass is 32.2. The van der Waals surface area contributed by atoms with E-state index in [0.717, 1.165) is 25.3 Å². The maximum atomic E-state index is 12.3. The molecular weight excluding hydrogens is 262 g/mol. The Bertz CT molecular complexity index is 500. The second-order valence-corrected chi connectivity index (χ2v) is 7.51. The molecule has 6 heteroatoms. The van der Waals surface area contributed by atoms with Gasteiger partial charge in [0.05, 0.1) is 4.90 Å². The first-order valence-electron chi connectivity index (χ1n) is 7.02. The zero-order chi connectivity index (χ0) is 13.3. The maximum Gasteiger partial charge on any atom is 0.244 e. The van der Waals surface area contributed by atoms with Gasteiger partial charge in [-0.1, -0.05) is 0 Å². The Balaban J connectivity index is 1.54. The van der Waals surface area contributed by atoms with Crippen LogP contribution in [0.15, 0.2) is 23.4 Å². The van der Waals surface area contributed by atoms with Crippen molar-refractivity contribution >= 4 is 10.0 Å². The molecule has 5 nitrogen and oxygen atoms in total. The molecule has 0 aromatic carbocycles. The lowest BCUT2D eigenvalue weighted by Crippen LogP contribution is -2.45. The average Bonchev–Trinajstić information content (AvgIpc) is 3.07. The minimum absolute atomic E-state index is 0.372. The molecule has 0 atom stereocenters. The van der Waals surface area contributed by atoms with Gasteiger partial charge in [-0.15, -0.1) is 0 Å². The number of hydrogen-bond donors (Lipinski definition) is 2. The molecular formula is C13H21N3O2S. The minimum atomic E-state index is -3.29. The van der Waals surface area contributed by atoms with E-state index >= 15 is 0 Å². The molecule has 0 unspecified atom stereocenters. The lowest BCUT2D eigenvalue weighted by molar-refractivity contribution is 0.288. The standard InChI is InChI=1S/C13H21N3O2S/c17-19(18,13-3-6-14-10-13)16-7-4-12(5-8-16)15-9-11-1-2-11/h3,6,10-12,14-15H,1-2,4-5,7-9H2. The van der Waals surface area contributed by atoms with E-state index in [-0.39, 0.29) is 0 Å². The third kappa shape index (κ3) is 3.01. The van der Waals surface area contributed by atoms with Crippen molar-refractivity contribution in [1.82, 2.24) is 14.6 Å². The first-order valence-corrected chi connectivity index (χ1v) is 8.46. The van der Waals surface area contributed by atoms with E-state index < -0.39 is 10.0 Å². The van der Waals surface area contributed by atoms with Crippen LogP contribution in [0.3, 0.4) is 0 Å². The van der Waals surface area contributed by atoms with Crippen LogP contribution in [-0.4, -0.2) is 43.4 Å². The van der Waals surface area contributed by atoms with Gasteiger partial charge in [0.2, 0.25) is 10.0 Å². The van der Waals surface area contributed by atoms with Crippen LogP contribution < -0.4 is 5.32 Å². The number of sulfonamides is 1. The molecule has 2 heterocycles. The molecule has 1 saturated carbocycles. The van der Waals surface area contributed by atoms with E-state index in [4.69, 9.17) is 0 Å². The number of nitrogens with zero attached hydrogens (tertiary/aromatic N) is 1. The molecule has 2 N–H and O–H groups in total. The number of aromatic nitrogens is 1. The fourth-order valence-electron chi connectivity index (χ4n) is 2.57. The maximum absolute atomic E-state index is 12.3. The number of aromatic amines is 1. The van der Waals surface area contributed by atoms with Gasteiger partial charge in [0.1, 0.15) is 0 Å². The van der Waals surface area contributed by atoms with Gasteiger partial charge < -0.3 is 10.3 Å². The summed E-state index contributed by atoms with van der Waals surface area (Å²) in [5, 5.41) is 3.56. The molecule has 106 valence electrons. The predicted molar refractivity (Wildman–Crippen MR) is 73.3 cm³/mol. The van der Waals surface area contributed by atoms with Crippen molar-refractivity contribution in [2.75, 3.05) is 19.6 Å². The van der Waals surface area contributed by atoms with Crippen molar-refractivity contribution in [3.63, 3.8) is 0 Å². The summed E-state index contributed by atoms with van der Waals surface area (Å²) in [6.45, 7) is 2.35. The molecule has 1 aliphatic heterocycles. The average molecular weight is 283 g/mol. The highest BCUT2D eigenvalue weighted by molar-refractivity contribution is 7.89. The quantitative estimate of drug-likeness (QED) is 0.852. The summed E-state index contributed by atoms with van der Waals surface area (Å²) in [6.07, 6.45) is 7.73. The van der Waals surface area contributed by atoms with Crippen LogP contribution >= 0.6 is 0 Å². The normalized spacial score (nSPS) is 22.7. The fourth-order valence-corrected chi connectivity index (χ4v) is 4.02. The summed E-state index contributed by atoms with van der Waals surface area (Å²) in [5.74, 6) is 0.876. The number of hydrogen-bond acceptors (Lipinski definition) is 3. The van der Waals surface area contributed by atoms with Crippen LogP contribution in [0.4, 0.5) is 0 Å². The second kappa shape index (κ2) is 5.26. The van der Waals surface area contributed by atoms with Gasteiger partial charge in [0.15, 0.2) is 0 Å². The van der Waals surface area contributed by atoms with Crippen LogP contribution in [0.25, 0.3) is 0 Å². The highest BCUT2D eigenvalue weighted by Crippen LogP contribution is 2.28. The zero-order valence-electron chi connectivity index (χ0n) is 11.0. The third-order valence-corrected chi connectivity index (χ3v) is 5.95. The van der Waals surface area contributed by atoms with Crippen molar-refractivity contribution in [2.24, 2.45) is 5.92 Å². The Kier molecular flexibility index (Phi) is 3.64. The van der Waals surface area contributed by atoms with Gasteiger partial charge in [-0.3, -0.25) is 0 Å².